The minimum atomic E-state index is -0.519. The number of tetrazole rings is 1. The number of carbonyl (C=O) groups excluding carboxylic acids is 2. The Labute approximate surface area is 191 Å². The van der Waals surface area contributed by atoms with E-state index in [2.05, 4.69) is 20.8 Å². The third-order valence-corrected chi connectivity index (χ3v) is 6.71. The second-order valence-corrected chi connectivity index (χ2v) is 8.57. The largest absolute Gasteiger partial charge is 0.496 e. The second-order valence-electron chi connectivity index (χ2n) is 8.57. The average molecular weight is 447 g/mol. The first-order valence-corrected chi connectivity index (χ1v) is 11.3. The molecule has 170 valence electrons. The van der Waals surface area contributed by atoms with Crippen molar-refractivity contribution in [3.05, 3.63) is 60.4 Å². The lowest BCUT2D eigenvalue weighted by Gasteiger charge is -2.34. The number of benzene rings is 2. The van der Waals surface area contributed by atoms with Crippen LogP contribution < -0.4 is 10.1 Å². The summed E-state index contributed by atoms with van der Waals surface area (Å²) in [5.41, 5.74) is 1.95. The van der Waals surface area contributed by atoms with E-state index >= 15 is 0 Å². The van der Waals surface area contributed by atoms with Crippen molar-refractivity contribution in [2.75, 3.05) is 12.4 Å². The van der Waals surface area contributed by atoms with Crippen molar-refractivity contribution < 1.29 is 14.3 Å². The van der Waals surface area contributed by atoms with E-state index in [0.717, 1.165) is 31.4 Å². The van der Waals surface area contributed by atoms with Gasteiger partial charge in [-0.05, 0) is 72.0 Å². The molecule has 0 bridgehead atoms. The molecular formula is C24H26N6O3. The average Bonchev–Trinajstić information content (AvgIpc) is 3.52. The highest BCUT2D eigenvalue weighted by Crippen LogP contribution is 2.41. The van der Waals surface area contributed by atoms with Gasteiger partial charge in [-0.1, -0.05) is 25.0 Å². The Kier molecular flexibility index (Phi) is 5.77. The predicted octanol–water partition coefficient (Wildman–Crippen LogP) is 3.08. The van der Waals surface area contributed by atoms with Crippen LogP contribution >= 0.6 is 0 Å². The third kappa shape index (κ3) is 4.06. The molecule has 3 aromatic rings. The first kappa shape index (κ1) is 21.1. The van der Waals surface area contributed by atoms with Crippen molar-refractivity contribution >= 4 is 17.5 Å². The van der Waals surface area contributed by atoms with Crippen LogP contribution in [0.4, 0.5) is 5.69 Å². The maximum atomic E-state index is 13.7. The Morgan fingerprint density at radius 3 is 2.61 bits per heavy atom. The van der Waals surface area contributed by atoms with Crippen LogP contribution in [0.2, 0.25) is 0 Å². The van der Waals surface area contributed by atoms with Crippen LogP contribution in [0.3, 0.4) is 0 Å². The zero-order valence-electron chi connectivity index (χ0n) is 18.4. The number of likely N-dealkylation sites (tertiary alicyclic amines) is 1. The lowest BCUT2D eigenvalue weighted by atomic mass is 9.84. The SMILES string of the molecule is COc1ccccc1C(=O)N1C(C(=O)Nc2ccc(-n3cnnn3)cc2)CC2CCCCC21. The van der Waals surface area contributed by atoms with Crippen molar-refractivity contribution in [3.63, 3.8) is 0 Å². The highest BCUT2D eigenvalue weighted by molar-refractivity contribution is 6.03. The number of hydrogen-bond acceptors (Lipinski definition) is 6. The number of methoxy groups -OCH3 is 1. The number of nitrogens with one attached hydrogen (secondary N) is 1. The highest BCUT2D eigenvalue weighted by Gasteiger charge is 2.48. The lowest BCUT2D eigenvalue weighted by molar-refractivity contribution is -0.120. The predicted molar refractivity (Wildman–Crippen MR) is 121 cm³/mol. The van der Waals surface area contributed by atoms with Gasteiger partial charge in [-0.15, -0.1) is 5.10 Å². The Balaban J connectivity index is 1.39. The van der Waals surface area contributed by atoms with E-state index in [4.69, 9.17) is 4.74 Å². The second kappa shape index (κ2) is 9.01. The van der Waals surface area contributed by atoms with Crippen LogP contribution in [0.25, 0.3) is 5.69 Å². The molecule has 3 atom stereocenters. The first-order chi connectivity index (χ1) is 16.2. The molecule has 9 heteroatoms. The van der Waals surface area contributed by atoms with Gasteiger partial charge in [0.2, 0.25) is 5.91 Å². The van der Waals surface area contributed by atoms with Crippen LogP contribution in [-0.2, 0) is 4.79 Å². The van der Waals surface area contributed by atoms with Crippen LogP contribution in [-0.4, -0.2) is 56.1 Å². The number of rotatable bonds is 5. The van der Waals surface area contributed by atoms with Gasteiger partial charge < -0.3 is 15.0 Å². The van der Waals surface area contributed by atoms with Crippen molar-refractivity contribution in [3.8, 4) is 11.4 Å². The summed E-state index contributed by atoms with van der Waals surface area (Å²) in [6, 6.07) is 14.1. The molecular weight excluding hydrogens is 420 g/mol. The van der Waals surface area contributed by atoms with Gasteiger partial charge in [0.1, 0.15) is 18.1 Å². The first-order valence-electron chi connectivity index (χ1n) is 11.3. The van der Waals surface area contributed by atoms with E-state index in [1.54, 1.807) is 23.9 Å². The normalized spacial score (nSPS) is 22.0. The van der Waals surface area contributed by atoms with E-state index in [-0.39, 0.29) is 17.9 Å². The van der Waals surface area contributed by atoms with Crippen molar-refractivity contribution in [2.45, 2.75) is 44.2 Å². The molecule has 5 rings (SSSR count). The van der Waals surface area contributed by atoms with Crippen LogP contribution in [0, 0.1) is 5.92 Å². The summed E-state index contributed by atoms with van der Waals surface area (Å²) in [4.78, 5) is 28.9. The van der Waals surface area contributed by atoms with Crippen molar-refractivity contribution in [1.82, 2.24) is 25.1 Å². The number of carbonyl (C=O) groups is 2. The van der Waals surface area contributed by atoms with E-state index < -0.39 is 6.04 Å². The molecule has 1 aliphatic carbocycles. The standard InChI is InChI=1S/C24H26N6O3/c1-33-22-9-5-3-7-19(22)24(32)30-20-8-4-2-6-16(20)14-21(30)23(31)26-17-10-12-18(13-11-17)29-15-25-27-28-29/h3,5,7,9-13,15-16,20-21H,2,4,6,8,14H2,1H3,(H,26,31). The molecule has 2 fully saturated rings. The van der Waals surface area contributed by atoms with E-state index in [1.165, 1.54) is 6.33 Å². The summed E-state index contributed by atoms with van der Waals surface area (Å²) in [6.07, 6.45) is 6.38. The molecule has 0 radical (unpaired) electrons. The quantitative estimate of drug-likeness (QED) is 0.646. The monoisotopic (exact) mass is 446 g/mol. The number of para-hydroxylation sites is 1. The minimum absolute atomic E-state index is 0.0779. The van der Waals surface area contributed by atoms with Gasteiger partial charge in [-0.2, -0.15) is 0 Å². The number of anilines is 1. The smallest absolute Gasteiger partial charge is 0.258 e. The highest BCUT2D eigenvalue weighted by atomic mass is 16.5. The van der Waals surface area contributed by atoms with Crippen LogP contribution in [0.15, 0.2) is 54.9 Å². The topological polar surface area (TPSA) is 102 Å². The Morgan fingerprint density at radius 1 is 1.06 bits per heavy atom. The summed E-state index contributed by atoms with van der Waals surface area (Å²) in [5, 5.41) is 14.1. The molecule has 1 aromatic heterocycles. The summed E-state index contributed by atoms with van der Waals surface area (Å²) >= 11 is 0. The zero-order valence-corrected chi connectivity index (χ0v) is 18.4. The van der Waals surface area contributed by atoms with Gasteiger partial charge in [-0.3, -0.25) is 9.59 Å². The molecule has 9 nitrogen and oxygen atoms in total. The van der Waals surface area contributed by atoms with Crippen LogP contribution in [0.5, 0.6) is 5.75 Å². The molecule has 0 spiro atoms. The number of fused-ring (bicyclic) bond motifs is 1. The van der Waals surface area contributed by atoms with Crippen LogP contribution in [0.1, 0.15) is 42.5 Å². The lowest BCUT2D eigenvalue weighted by Crippen LogP contribution is -2.47. The number of nitrogens with zero attached hydrogens (tertiary/aromatic N) is 5. The summed E-state index contributed by atoms with van der Waals surface area (Å²) in [7, 11) is 1.56. The van der Waals surface area contributed by atoms with Gasteiger partial charge in [0, 0.05) is 11.7 Å². The Hall–Kier alpha value is -3.75. The van der Waals surface area contributed by atoms with Gasteiger partial charge in [0.05, 0.1) is 18.4 Å². The summed E-state index contributed by atoms with van der Waals surface area (Å²) in [5.74, 6) is 0.563. The van der Waals surface area contributed by atoms with Gasteiger partial charge in [-0.25, -0.2) is 4.68 Å². The molecule has 1 N–H and O–H groups in total. The third-order valence-electron chi connectivity index (χ3n) is 6.71. The molecule has 1 saturated heterocycles. The van der Waals surface area contributed by atoms with Gasteiger partial charge in [0.25, 0.3) is 5.91 Å². The van der Waals surface area contributed by atoms with Gasteiger partial charge >= 0.3 is 0 Å². The Bertz CT molecular complexity index is 1130. The van der Waals surface area contributed by atoms with Crippen molar-refractivity contribution in [2.24, 2.45) is 5.92 Å². The number of ether oxygens (including phenoxy) is 1. The molecule has 33 heavy (non-hydrogen) atoms. The molecule has 1 aliphatic heterocycles. The fourth-order valence-electron chi connectivity index (χ4n) is 5.15. The molecule has 2 aliphatic rings. The van der Waals surface area contributed by atoms with Crippen molar-refractivity contribution in [1.29, 1.82) is 0 Å². The fraction of sp³-hybridized carbons (Fsp3) is 0.375. The van der Waals surface area contributed by atoms with Gasteiger partial charge in [0.15, 0.2) is 0 Å². The molecule has 2 amide bonds. The molecule has 3 unspecified atom stereocenters. The molecule has 2 aromatic carbocycles. The molecule has 1 saturated carbocycles. The molecule has 2 heterocycles. The maximum absolute atomic E-state index is 13.7. The number of amides is 2. The zero-order chi connectivity index (χ0) is 22.8. The minimum Gasteiger partial charge on any atom is -0.496 e. The van der Waals surface area contributed by atoms with E-state index in [0.29, 0.717) is 29.3 Å². The van der Waals surface area contributed by atoms with E-state index in [9.17, 15) is 9.59 Å². The maximum Gasteiger partial charge on any atom is 0.258 e. The van der Waals surface area contributed by atoms with E-state index in [1.807, 2.05) is 41.3 Å². The summed E-state index contributed by atoms with van der Waals surface area (Å²) in [6.45, 7) is 0. The number of hydrogen-bond donors (Lipinski definition) is 1. The summed E-state index contributed by atoms with van der Waals surface area (Å²) < 4.78 is 6.97. The Morgan fingerprint density at radius 2 is 1.85 bits per heavy atom. The number of aromatic nitrogens is 4. The fourth-order valence-corrected chi connectivity index (χ4v) is 5.15.